The van der Waals surface area contributed by atoms with Crippen molar-refractivity contribution in [1.82, 2.24) is 5.32 Å². The number of rotatable bonds is 9. The van der Waals surface area contributed by atoms with E-state index in [1.54, 1.807) is 36.4 Å². The van der Waals surface area contributed by atoms with Gasteiger partial charge in [0.05, 0.1) is 30.3 Å². The highest BCUT2D eigenvalue weighted by molar-refractivity contribution is 7.92. The summed E-state index contributed by atoms with van der Waals surface area (Å²) in [4.78, 5) is 12.7. The zero-order chi connectivity index (χ0) is 24.0. The van der Waals surface area contributed by atoms with Crippen LogP contribution in [0.2, 0.25) is 0 Å². The normalized spacial score (nSPS) is 15.6. The van der Waals surface area contributed by atoms with E-state index in [9.17, 15) is 13.2 Å². The standard InChI is InChI=1S/C26H28N2O5S/c1-32-25-15-6-5-14-24(25)28(19-20-9-3-2-4-10-20)34(30,31)23-13-7-11-21(17-23)26(29)27-18-22-12-8-16-33-22/h2-7,9-11,13-15,17,22H,8,12,16,18-19H2,1H3,(H,27,29)/t22-/m1/s1. The minimum atomic E-state index is -4.02. The number of para-hydroxylation sites is 2. The molecule has 0 aliphatic carbocycles. The minimum Gasteiger partial charge on any atom is -0.495 e. The van der Waals surface area contributed by atoms with Crippen molar-refractivity contribution in [1.29, 1.82) is 0 Å². The first-order valence-electron chi connectivity index (χ1n) is 11.2. The molecule has 1 atom stereocenters. The zero-order valence-electron chi connectivity index (χ0n) is 19.0. The predicted octanol–water partition coefficient (Wildman–Crippen LogP) is 4.00. The van der Waals surface area contributed by atoms with Crippen LogP contribution in [0, 0.1) is 0 Å². The molecule has 0 saturated carbocycles. The van der Waals surface area contributed by atoms with Gasteiger partial charge in [-0.25, -0.2) is 8.42 Å². The Morgan fingerprint density at radius 1 is 1.06 bits per heavy atom. The van der Waals surface area contributed by atoms with Crippen molar-refractivity contribution >= 4 is 21.6 Å². The second-order valence-corrected chi connectivity index (χ2v) is 9.90. The van der Waals surface area contributed by atoms with Crippen LogP contribution in [0.1, 0.15) is 28.8 Å². The van der Waals surface area contributed by atoms with Crippen molar-refractivity contribution < 1.29 is 22.7 Å². The van der Waals surface area contributed by atoms with Crippen molar-refractivity contribution in [3.05, 3.63) is 90.0 Å². The number of nitrogens with zero attached hydrogens (tertiary/aromatic N) is 1. The van der Waals surface area contributed by atoms with Gasteiger partial charge in [-0.05, 0) is 48.7 Å². The zero-order valence-corrected chi connectivity index (χ0v) is 19.8. The van der Waals surface area contributed by atoms with Crippen LogP contribution in [0.3, 0.4) is 0 Å². The Morgan fingerprint density at radius 2 is 1.82 bits per heavy atom. The second kappa shape index (κ2) is 10.7. The molecule has 0 aromatic heterocycles. The van der Waals surface area contributed by atoms with E-state index in [4.69, 9.17) is 9.47 Å². The Morgan fingerprint density at radius 3 is 2.56 bits per heavy atom. The van der Waals surface area contributed by atoms with Crippen LogP contribution in [0.5, 0.6) is 5.75 Å². The summed E-state index contributed by atoms with van der Waals surface area (Å²) in [5, 5.41) is 2.85. The quantitative estimate of drug-likeness (QED) is 0.500. The van der Waals surface area contributed by atoms with Crippen molar-refractivity contribution in [2.24, 2.45) is 0 Å². The highest BCUT2D eigenvalue weighted by Gasteiger charge is 2.28. The van der Waals surface area contributed by atoms with E-state index >= 15 is 0 Å². The topological polar surface area (TPSA) is 84.9 Å². The van der Waals surface area contributed by atoms with Crippen LogP contribution in [-0.2, 0) is 21.3 Å². The fourth-order valence-electron chi connectivity index (χ4n) is 3.92. The molecule has 0 spiro atoms. The highest BCUT2D eigenvalue weighted by atomic mass is 32.2. The Hall–Kier alpha value is -3.36. The fraction of sp³-hybridized carbons (Fsp3) is 0.269. The van der Waals surface area contributed by atoms with Crippen molar-refractivity contribution in [3.8, 4) is 5.75 Å². The van der Waals surface area contributed by atoms with E-state index < -0.39 is 10.0 Å². The molecule has 0 bridgehead atoms. The third-order valence-electron chi connectivity index (χ3n) is 5.72. The molecule has 1 aliphatic rings. The monoisotopic (exact) mass is 480 g/mol. The lowest BCUT2D eigenvalue weighted by molar-refractivity contribution is 0.0857. The van der Waals surface area contributed by atoms with Gasteiger partial charge in [-0.1, -0.05) is 48.5 Å². The fourth-order valence-corrected chi connectivity index (χ4v) is 5.43. The molecule has 4 rings (SSSR count). The van der Waals surface area contributed by atoms with Crippen molar-refractivity contribution in [2.75, 3.05) is 24.6 Å². The SMILES string of the molecule is COc1ccccc1N(Cc1ccccc1)S(=O)(=O)c1cccc(C(=O)NC[C@H]2CCCO2)c1. The molecule has 0 radical (unpaired) electrons. The molecular weight excluding hydrogens is 452 g/mol. The first kappa shape index (κ1) is 23.8. The van der Waals surface area contributed by atoms with E-state index in [0.717, 1.165) is 18.4 Å². The number of hydrogen-bond donors (Lipinski definition) is 1. The largest absolute Gasteiger partial charge is 0.495 e. The number of ether oxygens (including phenoxy) is 2. The number of nitrogens with one attached hydrogen (secondary N) is 1. The van der Waals surface area contributed by atoms with Gasteiger partial charge in [-0.15, -0.1) is 0 Å². The summed E-state index contributed by atoms with van der Waals surface area (Å²) in [6, 6.07) is 22.4. The Kier molecular flexibility index (Phi) is 7.49. The summed E-state index contributed by atoms with van der Waals surface area (Å²) in [5.74, 6) is 0.104. The van der Waals surface area contributed by atoms with E-state index in [1.165, 1.54) is 23.5 Å². The summed E-state index contributed by atoms with van der Waals surface area (Å²) < 4.78 is 40.0. The Balaban J connectivity index is 1.66. The van der Waals surface area contributed by atoms with Gasteiger partial charge in [0.15, 0.2) is 0 Å². The number of carbonyl (C=O) groups is 1. The number of anilines is 1. The van der Waals surface area contributed by atoms with Crippen LogP contribution in [0.25, 0.3) is 0 Å². The van der Waals surface area contributed by atoms with Gasteiger partial charge in [0.1, 0.15) is 5.75 Å². The number of methoxy groups -OCH3 is 1. The Labute approximate surface area is 200 Å². The number of sulfonamides is 1. The molecule has 34 heavy (non-hydrogen) atoms. The molecule has 8 heteroatoms. The second-order valence-electron chi connectivity index (χ2n) is 8.04. The molecule has 1 amide bonds. The van der Waals surface area contributed by atoms with Crippen molar-refractivity contribution in [3.63, 3.8) is 0 Å². The average molecular weight is 481 g/mol. The summed E-state index contributed by atoms with van der Waals surface area (Å²) in [5.41, 5.74) is 1.52. The van der Waals surface area contributed by atoms with Gasteiger partial charge in [0.2, 0.25) is 0 Å². The van der Waals surface area contributed by atoms with Crippen molar-refractivity contribution in [2.45, 2.75) is 30.4 Å². The van der Waals surface area contributed by atoms with Gasteiger partial charge in [-0.2, -0.15) is 0 Å². The van der Waals surface area contributed by atoms with Gasteiger partial charge in [0.25, 0.3) is 15.9 Å². The van der Waals surface area contributed by atoms with Gasteiger partial charge < -0.3 is 14.8 Å². The molecule has 3 aromatic carbocycles. The summed E-state index contributed by atoms with van der Waals surface area (Å²) >= 11 is 0. The first-order valence-corrected chi connectivity index (χ1v) is 12.6. The van der Waals surface area contributed by atoms with Crippen LogP contribution >= 0.6 is 0 Å². The molecule has 1 fully saturated rings. The molecule has 1 saturated heterocycles. The van der Waals surface area contributed by atoms with Crippen LogP contribution in [-0.4, -0.2) is 40.7 Å². The molecule has 1 heterocycles. The smallest absolute Gasteiger partial charge is 0.264 e. The summed E-state index contributed by atoms with van der Waals surface area (Å²) in [7, 11) is -2.52. The predicted molar refractivity (Wildman–Crippen MR) is 131 cm³/mol. The lowest BCUT2D eigenvalue weighted by Crippen LogP contribution is -2.33. The molecule has 3 aromatic rings. The van der Waals surface area contributed by atoms with E-state index in [1.807, 2.05) is 30.3 Å². The maximum Gasteiger partial charge on any atom is 0.264 e. The highest BCUT2D eigenvalue weighted by Crippen LogP contribution is 2.33. The number of benzene rings is 3. The third kappa shape index (κ3) is 5.40. The number of carbonyl (C=O) groups excluding carboxylic acids is 1. The summed E-state index contributed by atoms with van der Waals surface area (Å²) in [6.07, 6.45) is 1.89. The van der Waals surface area contributed by atoms with E-state index in [-0.39, 0.29) is 29.0 Å². The lowest BCUT2D eigenvalue weighted by atomic mass is 10.2. The maximum absolute atomic E-state index is 13.9. The van der Waals surface area contributed by atoms with Crippen LogP contribution in [0.4, 0.5) is 5.69 Å². The first-order chi connectivity index (χ1) is 16.5. The Bertz CT molecular complexity index is 1220. The minimum absolute atomic E-state index is 0.00257. The van der Waals surface area contributed by atoms with Crippen LogP contribution in [0.15, 0.2) is 83.8 Å². The molecule has 0 unspecified atom stereocenters. The number of hydrogen-bond acceptors (Lipinski definition) is 5. The average Bonchev–Trinajstić information content (AvgIpc) is 3.40. The van der Waals surface area contributed by atoms with E-state index in [0.29, 0.717) is 24.6 Å². The molecule has 1 N–H and O–H groups in total. The summed E-state index contributed by atoms with van der Waals surface area (Å²) in [6.45, 7) is 1.21. The number of amides is 1. The van der Waals surface area contributed by atoms with E-state index in [2.05, 4.69) is 5.32 Å². The molecule has 178 valence electrons. The molecule has 7 nitrogen and oxygen atoms in total. The van der Waals surface area contributed by atoms with Gasteiger partial charge in [0, 0.05) is 18.7 Å². The molecular formula is C26H28N2O5S. The van der Waals surface area contributed by atoms with Crippen LogP contribution < -0.4 is 14.4 Å². The lowest BCUT2D eigenvalue weighted by Gasteiger charge is -2.26. The van der Waals surface area contributed by atoms with Gasteiger partial charge >= 0.3 is 0 Å². The van der Waals surface area contributed by atoms with Gasteiger partial charge in [-0.3, -0.25) is 9.10 Å². The maximum atomic E-state index is 13.9. The molecule has 1 aliphatic heterocycles. The third-order valence-corrected chi connectivity index (χ3v) is 7.48.